The minimum atomic E-state index is -0.473. The van der Waals surface area contributed by atoms with E-state index in [1.165, 1.54) is 12.1 Å². The molecule has 4 rings (SSSR count). The second kappa shape index (κ2) is 6.43. The summed E-state index contributed by atoms with van der Waals surface area (Å²) in [7, 11) is 0. The van der Waals surface area contributed by atoms with Gasteiger partial charge in [-0.15, -0.1) is 0 Å². The number of nitrogens with one attached hydrogen (secondary N) is 1. The highest BCUT2D eigenvalue weighted by molar-refractivity contribution is 5.91. The van der Waals surface area contributed by atoms with Crippen molar-refractivity contribution >= 4 is 11.9 Å². The zero-order chi connectivity index (χ0) is 17.3. The van der Waals surface area contributed by atoms with Gasteiger partial charge in [-0.25, -0.2) is 14.4 Å². The largest absolute Gasteiger partial charge is 0.351 e. The topological polar surface area (TPSA) is 58.1 Å². The Bertz CT molecular complexity index is 746. The number of aromatic nitrogens is 2. The fraction of sp³-hybridized carbons (Fsp3) is 0.421. The molecule has 1 saturated carbocycles. The molecule has 5 nitrogen and oxygen atoms in total. The molecule has 1 aliphatic carbocycles. The van der Waals surface area contributed by atoms with Crippen LogP contribution in [0.4, 0.5) is 10.3 Å². The predicted molar refractivity (Wildman–Crippen MR) is 92.7 cm³/mol. The van der Waals surface area contributed by atoms with Gasteiger partial charge in [0.25, 0.3) is 0 Å². The van der Waals surface area contributed by atoms with Crippen molar-refractivity contribution < 1.29 is 9.18 Å². The molecule has 0 unspecified atom stereocenters. The average Bonchev–Trinajstić information content (AvgIpc) is 3.45. The number of hydrogen-bond acceptors (Lipinski definition) is 4. The van der Waals surface area contributed by atoms with Crippen molar-refractivity contribution in [2.45, 2.75) is 37.1 Å². The van der Waals surface area contributed by atoms with E-state index in [2.05, 4.69) is 20.2 Å². The predicted octanol–water partition coefficient (Wildman–Crippen LogP) is 2.43. The van der Waals surface area contributed by atoms with Gasteiger partial charge in [-0.2, -0.15) is 0 Å². The summed E-state index contributed by atoms with van der Waals surface area (Å²) in [6.45, 7) is 1.62. The molecule has 1 aliphatic heterocycles. The van der Waals surface area contributed by atoms with E-state index in [1.807, 2.05) is 0 Å². The van der Waals surface area contributed by atoms with Crippen LogP contribution in [0.2, 0.25) is 0 Å². The molecule has 2 aliphatic rings. The summed E-state index contributed by atoms with van der Waals surface area (Å²) in [6.07, 6.45) is 7.06. The number of nitrogens with zero attached hydrogens (tertiary/aromatic N) is 3. The lowest BCUT2D eigenvalue weighted by molar-refractivity contribution is -0.124. The monoisotopic (exact) mass is 340 g/mol. The van der Waals surface area contributed by atoms with Crippen molar-refractivity contribution in [3.05, 3.63) is 54.1 Å². The van der Waals surface area contributed by atoms with Crippen LogP contribution in [-0.4, -0.2) is 35.0 Å². The molecule has 2 fully saturated rings. The van der Waals surface area contributed by atoms with Crippen LogP contribution in [0.3, 0.4) is 0 Å². The lowest BCUT2D eigenvalue weighted by Gasteiger charge is -2.34. The summed E-state index contributed by atoms with van der Waals surface area (Å²) in [5, 5.41) is 3.20. The summed E-state index contributed by atoms with van der Waals surface area (Å²) < 4.78 is 13.2. The van der Waals surface area contributed by atoms with Crippen LogP contribution in [-0.2, 0) is 10.2 Å². The molecule has 1 aromatic carbocycles. The lowest BCUT2D eigenvalue weighted by atomic mass is 9.94. The highest BCUT2D eigenvalue weighted by atomic mass is 19.1. The Balaban J connectivity index is 1.43. The van der Waals surface area contributed by atoms with Gasteiger partial charge in [0.2, 0.25) is 11.9 Å². The van der Waals surface area contributed by atoms with Crippen LogP contribution in [0, 0.1) is 5.82 Å². The standard InChI is InChI=1S/C19H21FN4O/c20-15-6-4-14(5-7-15)19(8-9-19)17(25)23-16-3-1-12-24(13-16)18-21-10-2-11-22-18/h2,4-7,10-11,16H,1,3,8-9,12-13H2,(H,23,25)/t16-/m0/s1. The molecule has 0 bridgehead atoms. The first-order valence-corrected chi connectivity index (χ1v) is 8.76. The van der Waals surface area contributed by atoms with Crippen molar-refractivity contribution in [3.8, 4) is 0 Å². The van der Waals surface area contributed by atoms with Crippen molar-refractivity contribution in [2.75, 3.05) is 18.0 Å². The number of piperidine rings is 1. The SMILES string of the molecule is O=C(N[C@H]1CCCN(c2ncccn2)C1)C1(c2ccc(F)cc2)CC1. The van der Waals surface area contributed by atoms with Crippen molar-refractivity contribution in [2.24, 2.45) is 0 Å². The molecule has 2 aromatic rings. The molecule has 1 aromatic heterocycles. The molecule has 25 heavy (non-hydrogen) atoms. The maximum atomic E-state index is 13.2. The quantitative estimate of drug-likeness (QED) is 0.929. The Hall–Kier alpha value is -2.50. The van der Waals surface area contributed by atoms with Gasteiger partial charge in [0.1, 0.15) is 5.82 Å². The van der Waals surface area contributed by atoms with E-state index in [4.69, 9.17) is 0 Å². The Morgan fingerprint density at radius 1 is 1.20 bits per heavy atom. The first kappa shape index (κ1) is 16.0. The van der Waals surface area contributed by atoms with Gasteiger partial charge in [-0.1, -0.05) is 12.1 Å². The Morgan fingerprint density at radius 3 is 2.60 bits per heavy atom. The third-order valence-corrected chi connectivity index (χ3v) is 5.17. The zero-order valence-electron chi connectivity index (χ0n) is 14.0. The molecule has 2 heterocycles. The third kappa shape index (κ3) is 3.21. The van der Waals surface area contributed by atoms with Crippen molar-refractivity contribution in [1.82, 2.24) is 15.3 Å². The van der Waals surface area contributed by atoms with Crippen molar-refractivity contribution in [1.29, 1.82) is 0 Å². The maximum Gasteiger partial charge on any atom is 0.230 e. The summed E-state index contributed by atoms with van der Waals surface area (Å²) in [6, 6.07) is 8.20. The van der Waals surface area contributed by atoms with E-state index in [-0.39, 0.29) is 17.8 Å². The van der Waals surface area contributed by atoms with Gasteiger partial charge in [0, 0.05) is 31.5 Å². The Labute approximate surface area is 146 Å². The number of carbonyl (C=O) groups excluding carboxylic acids is 1. The highest BCUT2D eigenvalue weighted by Crippen LogP contribution is 2.48. The van der Waals surface area contributed by atoms with E-state index in [1.54, 1.807) is 30.6 Å². The number of amides is 1. The molecule has 1 N–H and O–H groups in total. The minimum Gasteiger partial charge on any atom is -0.351 e. The lowest BCUT2D eigenvalue weighted by Crippen LogP contribution is -2.50. The van der Waals surface area contributed by atoms with E-state index in [0.29, 0.717) is 5.95 Å². The molecule has 1 amide bonds. The average molecular weight is 340 g/mol. The van der Waals surface area contributed by atoms with E-state index in [9.17, 15) is 9.18 Å². The molecule has 1 atom stereocenters. The highest BCUT2D eigenvalue weighted by Gasteiger charge is 2.51. The van der Waals surface area contributed by atoms with Gasteiger partial charge >= 0.3 is 0 Å². The number of hydrogen-bond donors (Lipinski definition) is 1. The third-order valence-electron chi connectivity index (χ3n) is 5.17. The maximum absolute atomic E-state index is 13.2. The number of benzene rings is 1. The van der Waals surface area contributed by atoms with E-state index >= 15 is 0 Å². The van der Waals surface area contributed by atoms with Crippen LogP contribution in [0.25, 0.3) is 0 Å². The van der Waals surface area contributed by atoms with E-state index < -0.39 is 5.41 Å². The van der Waals surface area contributed by atoms with Gasteiger partial charge in [-0.3, -0.25) is 4.79 Å². The van der Waals surface area contributed by atoms with Crippen LogP contribution in [0.1, 0.15) is 31.2 Å². The molecule has 0 radical (unpaired) electrons. The number of carbonyl (C=O) groups is 1. The number of halogens is 1. The first-order valence-electron chi connectivity index (χ1n) is 8.76. The Morgan fingerprint density at radius 2 is 1.92 bits per heavy atom. The number of anilines is 1. The van der Waals surface area contributed by atoms with E-state index in [0.717, 1.165) is 44.3 Å². The smallest absolute Gasteiger partial charge is 0.230 e. The van der Waals surface area contributed by atoms with Crippen LogP contribution >= 0.6 is 0 Å². The van der Waals surface area contributed by atoms with Crippen LogP contribution < -0.4 is 10.2 Å². The van der Waals surface area contributed by atoms with Crippen LogP contribution in [0.15, 0.2) is 42.7 Å². The molecular weight excluding hydrogens is 319 g/mol. The van der Waals surface area contributed by atoms with Gasteiger partial charge in [0.15, 0.2) is 0 Å². The zero-order valence-corrected chi connectivity index (χ0v) is 14.0. The van der Waals surface area contributed by atoms with Gasteiger partial charge in [-0.05, 0) is 49.4 Å². The second-order valence-electron chi connectivity index (χ2n) is 6.90. The van der Waals surface area contributed by atoms with Crippen molar-refractivity contribution in [3.63, 3.8) is 0 Å². The first-order chi connectivity index (χ1) is 12.2. The minimum absolute atomic E-state index is 0.0555. The molecule has 6 heteroatoms. The summed E-state index contributed by atoms with van der Waals surface area (Å²) in [5.74, 6) is 0.492. The molecule has 1 saturated heterocycles. The molecular formula is C19H21FN4O. The van der Waals surface area contributed by atoms with Gasteiger partial charge < -0.3 is 10.2 Å². The molecule has 130 valence electrons. The van der Waals surface area contributed by atoms with Gasteiger partial charge in [0.05, 0.1) is 5.41 Å². The second-order valence-corrected chi connectivity index (χ2v) is 6.90. The summed E-state index contributed by atoms with van der Waals surface area (Å²) in [5.41, 5.74) is 0.435. The summed E-state index contributed by atoms with van der Waals surface area (Å²) >= 11 is 0. The van der Waals surface area contributed by atoms with Crippen LogP contribution in [0.5, 0.6) is 0 Å². The Kier molecular flexibility index (Phi) is 4.11. The summed E-state index contributed by atoms with van der Waals surface area (Å²) in [4.78, 5) is 23.6. The fourth-order valence-electron chi connectivity index (χ4n) is 3.60. The fourth-order valence-corrected chi connectivity index (χ4v) is 3.60. The number of rotatable bonds is 4. The normalized spacial score (nSPS) is 21.6. The molecule has 0 spiro atoms.